The Morgan fingerprint density at radius 2 is 2.00 bits per heavy atom. The number of hydrogen-bond acceptors (Lipinski definition) is 3. The lowest BCUT2D eigenvalue weighted by Gasteiger charge is -2.17. The summed E-state index contributed by atoms with van der Waals surface area (Å²) in [6, 6.07) is 10.3. The van der Waals surface area contributed by atoms with Gasteiger partial charge in [-0.1, -0.05) is 36.8 Å². The van der Waals surface area contributed by atoms with E-state index in [9.17, 15) is 0 Å². The van der Waals surface area contributed by atoms with Crippen molar-refractivity contribution in [1.29, 1.82) is 0 Å². The molecule has 3 rings (SSSR count). The largest absolute Gasteiger partial charge is 0.363 e. The molecular weight excluding hydrogens is 266 g/mol. The molecule has 3 nitrogen and oxygen atoms in total. The van der Waals surface area contributed by atoms with Gasteiger partial charge in [0.15, 0.2) is 0 Å². The van der Waals surface area contributed by atoms with Crippen LogP contribution in [0.15, 0.2) is 40.7 Å². The van der Waals surface area contributed by atoms with Gasteiger partial charge in [0.2, 0.25) is 5.13 Å². The fourth-order valence-corrected chi connectivity index (χ4v) is 3.15. The Balaban J connectivity index is 1.83. The Hall–Kier alpha value is -1.68. The molecule has 0 spiro atoms. The second-order valence-electron chi connectivity index (χ2n) is 5.14. The third-order valence-corrected chi connectivity index (χ3v) is 4.36. The minimum Gasteiger partial charge on any atom is -0.363 e. The number of likely N-dealkylation sites (tertiary alicyclic amines) is 1. The van der Waals surface area contributed by atoms with Crippen LogP contribution in [0.4, 0.5) is 5.13 Å². The Morgan fingerprint density at radius 1 is 1.15 bits per heavy atom. The maximum absolute atomic E-state index is 4.76. The van der Waals surface area contributed by atoms with Crippen molar-refractivity contribution in [2.75, 3.05) is 13.6 Å². The van der Waals surface area contributed by atoms with Crippen LogP contribution in [0.2, 0.25) is 0 Å². The molecule has 4 heteroatoms. The van der Waals surface area contributed by atoms with E-state index in [-0.39, 0.29) is 0 Å². The first kappa shape index (κ1) is 13.3. The lowest BCUT2D eigenvalue weighted by Crippen LogP contribution is -2.25. The number of benzene rings is 1. The van der Waals surface area contributed by atoms with Gasteiger partial charge in [0.05, 0.1) is 5.69 Å². The summed E-state index contributed by atoms with van der Waals surface area (Å²) in [7, 11) is 2.13. The molecule has 1 aliphatic rings. The summed E-state index contributed by atoms with van der Waals surface area (Å²) in [6.07, 6.45) is 4.87. The lowest BCUT2D eigenvalue weighted by atomic mass is 10.2. The Bertz CT molecular complexity index is 589. The predicted octanol–water partition coefficient (Wildman–Crippen LogP) is 4.35. The van der Waals surface area contributed by atoms with Crippen LogP contribution < -0.4 is 0 Å². The van der Waals surface area contributed by atoms with E-state index in [0.29, 0.717) is 0 Å². The highest BCUT2D eigenvalue weighted by Gasteiger charge is 2.12. The van der Waals surface area contributed by atoms with E-state index in [1.807, 2.05) is 18.2 Å². The summed E-state index contributed by atoms with van der Waals surface area (Å²) in [5.74, 6) is 1.18. The molecule has 0 atom stereocenters. The topological polar surface area (TPSA) is 28.5 Å². The highest BCUT2D eigenvalue weighted by molar-refractivity contribution is 7.13. The second kappa shape index (κ2) is 6.18. The van der Waals surface area contributed by atoms with Gasteiger partial charge >= 0.3 is 0 Å². The van der Waals surface area contributed by atoms with Crippen molar-refractivity contribution in [2.24, 2.45) is 4.99 Å². The fraction of sp³-hybridized carbons (Fsp3) is 0.375. The van der Waals surface area contributed by atoms with E-state index in [1.54, 1.807) is 11.3 Å². The van der Waals surface area contributed by atoms with Gasteiger partial charge in [-0.15, -0.1) is 11.3 Å². The lowest BCUT2D eigenvalue weighted by molar-refractivity contribution is 0.494. The molecule has 0 unspecified atom stereocenters. The molecule has 1 fully saturated rings. The molecule has 2 aromatic rings. The molecular formula is C16H19N3S. The normalized spacial score (nSPS) is 18.2. The molecule has 1 aromatic carbocycles. The number of rotatable bonds is 2. The van der Waals surface area contributed by atoms with Crippen molar-refractivity contribution < 1.29 is 0 Å². The third kappa shape index (κ3) is 3.07. The van der Waals surface area contributed by atoms with Gasteiger partial charge in [0.25, 0.3) is 0 Å². The van der Waals surface area contributed by atoms with Crippen LogP contribution in [-0.2, 0) is 0 Å². The molecule has 0 bridgehead atoms. The van der Waals surface area contributed by atoms with Crippen LogP contribution >= 0.6 is 11.3 Å². The van der Waals surface area contributed by atoms with Crippen LogP contribution in [0.3, 0.4) is 0 Å². The molecule has 0 aliphatic carbocycles. The third-order valence-electron chi connectivity index (χ3n) is 3.62. The number of amidine groups is 1. The van der Waals surface area contributed by atoms with Gasteiger partial charge in [-0.05, 0) is 12.8 Å². The zero-order valence-electron chi connectivity index (χ0n) is 11.7. The van der Waals surface area contributed by atoms with Crippen LogP contribution in [0.1, 0.15) is 25.7 Å². The first-order valence-electron chi connectivity index (χ1n) is 7.12. The Kier molecular flexibility index (Phi) is 4.11. The van der Waals surface area contributed by atoms with Gasteiger partial charge < -0.3 is 4.90 Å². The summed E-state index contributed by atoms with van der Waals surface area (Å²) in [5.41, 5.74) is 2.18. The van der Waals surface area contributed by atoms with Crippen molar-refractivity contribution in [3.8, 4) is 11.3 Å². The minimum absolute atomic E-state index is 0.868. The Morgan fingerprint density at radius 3 is 2.85 bits per heavy atom. The van der Waals surface area contributed by atoms with Crippen molar-refractivity contribution in [1.82, 2.24) is 9.88 Å². The zero-order valence-corrected chi connectivity index (χ0v) is 12.6. The van der Waals surface area contributed by atoms with E-state index < -0.39 is 0 Å². The highest BCUT2D eigenvalue weighted by atomic mass is 32.1. The fourth-order valence-electron chi connectivity index (χ4n) is 2.44. The minimum atomic E-state index is 0.868. The van der Waals surface area contributed by atoms with Crippen LogP contribution in [0, 0.1) is 0 Å². The average Bonchev–Trinajstić information content (AvgIpc) is 2.86. The molecule has 20 heavy (non-hydrogen) atoms. The molecule has 1 saturated heterocycles. The Labute approximate surface area is 124 Å². The standard InChI is InChI=1S/C16H19N3S/c1-19-11-7-3-6-10-15(19)18-16-17-14(12-20-16)13-8-4-2-5-9-13/h2,4-5,8-9,12H,3,6-7,10-11H2,1H3/b18-15+. The highest BCUT2D eigenvalue weighted by Crippen LogP contribution is 2.27. The molecule has 1 aromatic heterocycles. The van der Waals surface area contributed by atoms with Gasteiger partial charge in [0, 0.05) is 31.0 Å². The monoisotopic (exact) mass is 285 g/mol. The average molecular weight is 285 g/mol. The van der Waals surface area contributed by atoms with Crippen molar-refractivity contribution in [2.45, 2.75) is 25.7 Å². The van der Waals surface area contributed by atoms with E-state index in [1.165, 1.54) is 25.1 Å². The van der Waals surface area contributed by atoms with Crippen LogP contribution in [0.5, 0.6) is 0 Å². The molecule has 0 radical (unpaired) electrons. The molecule has 1 aliphatic heterocycles. The maximum atomic E-state index is 4.76. The summed E-state index contributed by atoms with van der Waals surface area (Å²) in [6.45, 7) is 1.11. The number of nitrogens with zero attached hydrogens (tertiary/aromatic N) is 3. The zero-order chi connectivity index (χ0) is 13.8. The van der Waals surface area contributed by atoms with Gasteiger partial charge in [-0.25, -0.2) is 9.98 Å². The molecule has 0 amide bonds. The molecule has 0 saturated carbocycles. The summed E-state index contributed by atoms with van der Waals surface area (Å²) < 4.78 is 0. The van der Waals surface area contributed by atoms with Crippen LogP contribution in [0.25, 0.3) is 11.3 Å². The van der Waals surface area contributed by atoms with Crippen molar-refractivity contribution in [3.05, 3.63) is 35.7 Å². The SMILES string of the molecule is CN1CCCCC/C1=N\c1nc(-c2ccccc2)cs1. The first-order valence-corrected chi connectivity index (χ1v) is 8.00. The quantitative estimate of drug-likeness (QED) is 0.821. The van der Waals surface area contributed by atoms with E-state index in [0.717, 1.165) is 29.4 Å². The number of thiazole rings is 1. The van der Waals surface area contributed by atoms with E-state index >= 15 is 0 Å². The van der Waals surface area contributed by atoms with Crippen molar-refractivity contribution >= 4 is 22.3 Å². The summed E-state index contributed by atoms with van der Waals surface area (Å²) in [5, 5.41) is 2.96. The van der Waals surface area contributed by atoms with Crippen LogP contribution in [-0.4, -0.2) is 29.3 Å². The number of hydrogen-bond donors (Lipinski definition) is 0. The van der Waals surface area contributed by atoms with E-state index in [2.05, 4.69) is 34.4 Å². The molecule has 104 valence electrons. The van der Waals surface area contributed by atoms with Gasteiger partial charge in [-0.3, -0.25) is 0 Å². The maximum Gasteiger partial charge on any atom is 0.211 e. The van der Waals surface area contributed by atoms with Crippen molar-refractivity contribution in [3.63, 3.8) is 0 Å². The first-order chi connectivity index (χ1) is 9.83. The summed E-state index contributed by atoms with van der Waals surface area (Å²) >= 11 is 1.62. The number of aliphatic imine (C=N–C) groups is 1. The smallest absolute Gasteiger partial charge is 0.211 e. The van der Waals surface area contributed by atoms with E-state index in [4.69, 9.17) is 4.99 Å². The predicted molar refractivity (Wildman–Crippen MR) is 85.7 cm³/mol. The van der Waals surface area contributed by atoms with Gasteiger partial charge in [-0.2, -0.15) is 0 Å². The molecule has 2 heterocycles. The van der Waals surface area contributed by atoms with Gasteiger partial charge in [0.1, 0.15) is 5.84 Å². The number of aromatic nitrogens is 1. The molecule has 0 N–H and O–H groups in total. The second-order valence-corrected chi connectivity index (χ2v) is 5.98. The summed E-state index contributed by atoms with van der Waals surface area (Å²) in [4.78, 5) is 11.7.